The molecule has 3 rings (SSSR count). The third-order valence-corrected chi connectivity index (χ3v) is 4.90. The van der Waals surface area contributed by atoms with E-state index in [1.807, 2.05) is 66.7 Å². The number of para-hydroxylation sites is 1. The molecule has 3 aromatic carbocycles. The van der Waals surface area contributed by atoms with Crippen molar-refractivity contribution in [2.24, 2.45) is 0 Å². The van der Waals surface area contributed by atoms with E-state index in [1.165, 1.54) is 0 Å². The molecule has 3 aromatic rings. The number of amides is 1. The molecule has 0 saturated carbocycles. The third-order valence-electron chi connectivity index (χ3n) is 4.90. The molecule has 0 heterocycles. The Kier molecular flexibility index (Phi) is 7.72. The van der Waals surface area contributed by atoms with Crippen molar-refractivity contribution in [3.05, 3.63) is 90.0 Å². The minimum Gasteiger partial charge on any atom is -0.497 e. The fourth-order valence-electron chi connectivity index (χ4n) is 3.31. The molecule has 0 aromatic heterocycles. The van der Waals surface area contributed by atoms with Gasteiger partial charge < -0.3 is 19.7 Å². The highest BCUT2D eigenvalue weighted by Gasteiger charge is 2.13. The minimum absolute atomic E-state index is 0.0170. The fraction of sp³-hybridized carbons (Fsp3) is 0.240. The molecule has 0 unspecified atom stereocenters. The molecular weight excluding hydrogens is 376 g/mol. The van der Waals surface area contributed by atoms with Crippen molar-refractivity contribution < 1.29 is 14.3 Å². The van der Waals surface area contributed by atoms with Gasteiger partial charge in [-0.1, -0.05) is 48.5 Å². The van der Waals surface area contributed by atoms with Crippen molar-refractivity contribution in [1.29, 1.82) is 0 Å². The average Bonchev–Trinajstić information content (AvgIpc) is 2.80. The summed E-state index contributed by atoms with van der Waals surface area (Å²) in [5.74, 6) is 1.62. The first-order valence-electron chi connectivity index (χ1n) is 10.0. The van der Waals surface area contributed by atoms with Gasteiger partial charge in [0.2, 0.25) is 5.91 Å². The normalized spacial score (nSPS) is 10.3. The summed E-state index contributed by atoms with van der Waals surface area (Å²) in [6.45, 7) is 1.47. The molecule has 0 spiro atoms. The highest BCUT2D eigenvalue weighted by Crippen LogP contribution is 2.21. The summed E-state index contributed by atoms with van der Waals surface area (Å²) in [6.07, 6.45) is 0.719. The summed E-state index contributed by atoms with van der Waals surface area (Å²) in [6, 6.07) is 25.8. The zero-order chi connectivity index (χ0) is 21.2. The number of carbonyl (C=O) groups is 1. The van der Waals surface area contributed by atoms with Crippen molar-refractivity contribution in [2.75, 3.05) is 32.2 Å². The van der Waals surface area contributed by atoms with Gasteiger partial charge in [-0.2, -0.15) is 0 Å². The molecule has 0 aliphatic heterocycles. The lowest BCUT2D eigenvalue weighted by Crippen LogP contribution is -2.37. The lowest BCUT2D eigenvalue weighted by atomic mass is 10.1. The highest BCUT2D eigenvalue weighted by molar-refractivity contribution is 5.81. The van der Waals surface area contributed by atoms with Crippen LogP contribution in [0.4, 0.5) is 5.69 Å². The van der Waals surface area contributed by atoms with Crippen LogP contribution >= 0.6 is 0 Å². The first-order valence-corrected chi connectivity index (χ1v) is 10.0. The molecule has 1 N–H and O–H groups in total. The van der Waals surface area contributed by atoms with E-state index in [9.17, 15) is 4.79 Å². The standard InChI is InChI=1S/C25H28N2O3/c1-29-23-14-12-22(13-15-23)27(18-20-8-4-3-5-9-20)19-25(28)26-17-16-21-10-6-7-11-24(21)30-2/h3-15H,16-19H2,1-2H3,(H,26,28). The summed E-state index contributed by atoms with van der Waals surface area (Å²) in [5.41, 5.74) is 3.20. The number of rotatable bonds is 10. The maximum absolute atomic E-state index is 12.7. The molecule has 5 heteroatoms. The predicted octanol–water partition coefficient (Wildman–Crippen LogP) is 4.07. The monoisotopic (exact) mass is 404 g/mol. The first kappa shape index (κ1) is 21.2. The highest BCUT2D eigenvalue weighted by atomic mass is 16.5. The van der Waals surface area contributed by atoms with Crippen LogP contribution in [0.25, 0.3) is 0 Å². The quantitative estimate of drug-likeness (QED) is 0.553. The minimum atomic E-state index is -0.0170. The topological polar surface area (TPSA) is 50.8 Å². The molecule has 0 bridgehead atoms. The second kappa shape index (κ2) is 10.9. The molecule has 0 saturated heterocycles. The number of anilines is 1. The maximum atomic E-state index is 12.7. The molecule has 156 valence electrons. The van der Waals surface area contributed by atoms with E-state index in [0.29, 0.717) is 13.1 Å². The largest absolute Gasteiger partial charge is 0.497 e. The summed E-state index contributed by atoms with van der Waals surface area (Å²) < 4.78 is 10.6. The lowest BCUT2D eigenvalue weighted by molar-refractivity contribution is -0.119. The number of ether oxygens (including phenoxy) is 2. The first-order chi connectivity index (χ1) is 14.7. The molecule has 0 aliphatic rings. The molecule has 30 heavy (non-hydrogen) atoms. The molecule has 1 amide bonds. The molecular formula is C25H28N2O3. The maximum Gasteiger partial charge on any atom is 0.239 e. The second-order valence-electron chi connectivity index (χ2n) is 6.95. The van der Waals surface area contributed by atoms with Gasteiger partial charge >= 0.3 is 0 Å². The van der Waals surface area contributed by atoms with Gasteiger partial charge in [0.15, 0.2) is 0 Å². The zero-order valence-electron chi connectivity index (χ0n) is 17.5. The summed E-state index contributed by atoms with van der Waals surface area (Å²) in [7, 11) is 3.31. The number of nitrogens with one attached hydrogen (secondary N) is 1. The summed E-state index contributed by atoms with van der Waals surface area (Å²) in [4.78, 5) is 14.7. The van der Waals surface area contributed by atoms with Gasteiger partial charge in [0.25, 0.3) is 0 Å². The Morgan fingerprint density at radius 1 is 0.867 bits per heavy atom. The molecule has 0 atom stereocenters. The van der Waals surface area contributed by atoms with E-state index >= 15 is 0 Å². The number of methoxy groups -OCH3 is 2. The van der Waals surface area contributed by atoms with Crippen molar-refractivity contribution in [1.82, 2.24) is 5.32 Å². The van der Waals surface area contributed by atoms with Crippen LogP contribution in [0.5, 0.6) is 11.5 Å². The van der Waals surface area contributed by atoms with Gasteiger partial charge in [0.1, 0.15) is 11.5 Å². The van der Waals surface area contributed by atoms with E-state index in [2.05, 4.69) is 22.3 Å². The van der Waals surface area contributed by atoms with Gasteiger partial charge in [-0.3, -0.25) is 4.79 Å². The number of benzene rings is 3. The third kappa shape index (κ3) is 6.01. The van der Waals surface area contributed by atoms with Crippen molar-refractivity contribution in [3.63, 3.8) is 0 Å². The van der Waals surface area contributed by atoms with Crippen LogP contribution in [0.15, 0.2) is 78.9 Å². The Hall–Kier alpha value is -3.47. The Balaban J connectivity index is 1.63. The number of hydrogen-bond donors (Lipinski definition) is 1. The molecule has 5 nitrogen and oxygen atoms in total. The van der Waals surface area contributed by atoms with Gasteiger partial charge in [-0.25, -0.2) is 0 Å². The number of nitrogens with zero attached hydrogens (tertiary/aromatic N) is 1. The Morgan fingerprint density at radius 2 is 1.57 bits per heavy atom. The van der Waals surface area contributed by atoms with Gasteiger partial charge in [-0.05, 0) is 47.9 Å². The number of hydrogen-bond acceptors (Lipinski definition) is 4. The van der Waals surface area contributed by atoms with Gasteiger partial charge in [-0.15, -0.1) is 0 Å². The fourth-order valence-corrected chi connectivity index (χ4v) is 3.31. The Bertz CT molecular complexity index is 927. The van der Waals surface area contributed by atoms with Gasteiger partial charge in [0.05, 0.1) is 20.8 Å². The average molecular weight is 405 g/mol. The van der Waals surface area contributed by atoms with Crippen molar-refractivity contribution in [3.8, 4) is 11.5 Å². The van der Waals surface area contributed by atoms with Crippen LogP contribution in [0.2, 0.25) is 0 Å². The summed E-state index contributed by atoms with van der Waals surface area (Å²) >= 11 is 0. The smallest absolute Gasteiger partial charge is 0.239 e. The van der Waals surface area contributed by atoms with E-state index < -0.39 is 0 Å². The lowest BCUT2D eigenvalue weighted by Gasteiger charge is -2.25. The molecule has 0 radical (unpaired) electrons. The Labute approximate surface area is 178 Å². The second-order valence-corrected chi connectivity index (χ2v) is 6.95. The van der Waals surface area contributed by atoms with Crippen LogP contribution < -0.4 is 19.7 Å². The van der Waals surface area contributed by atoms with E-state index in [4.69, 9.17) is 9.47 Å². The van der Waals surface area contributed by atoms with Crippen molar-refractivity contribution in [2.45, 2.75) is 13.0 Å². The predicted molar refractivity (Wildman–Crippen MR) is 120 cm³/mol. The van der Waals surface area contributed by atoms with Gasteiger partial charge in [0, 0.05) is 18.8 Å². The van der Waals surface area contributed by atoms with E-state index in [0.717, 1.165) is 34.7 Å². The van der Waals surface area contributed by atoms with Crippen LogP contribution in [0, 0.1) is 0 Å². The number of carbonyl (C=O) groups excluding carboxylic acids is 1. The van der Waals surface area contributed by atoms with Crippen LogP contribution in [-0.2, 0) is 17.8 Å². The van der Waals surface area contributed by atoms with Crippen LogP contribution in [0.3, 0.4) is 0 Å². The SMILES string of the molecule is COc1ccc(N(CC(=O)NCCc2ccccc2OC)Cc2ccccc2)cc1. The molecule has 0 fully saturated rings. The summed E-state index contributed by atoms with van der Waals surface area (Å²) in [5, 5.41) is 3.03. The van der Waals surface area contributed by atoms with E-state index in [1.54, 1.807) is 14.2 Å². The van der Waals surface area contributed by atoms with E-state index in [-0.39, 0.29) is 12.5 Å². The molecule has 0 aliphatic carbocycles. The van der Waals surface area contributed by atoms with Crippen molar-refractivity contribution >= 4 is 11.6 Å². The van der Waals surface area contributed by atoms with Crippen LogP contribution in [-0.4, -0.2) is 33.2 Å². The Morgan fingerprint density at radius 3 is 2.27 bits per heavy atom. The zero-order valence-corrected chi connectivity index (χ0v) is 17.5. The van der Waals surface area contributed by atoms with Crippen LogP contribution in [0.1, 0.15) is 11.1 Å².